The Labute approximate surface area is 65.4 Å². The van der Waals surface area contributed by atoms with E-state index in [1.54, 1.807) is 12.3 Å². The first-order valence-corrected chi connectivity index (χ1v) is 3.60. The Morgan fingerprint density at radius 1 is 1.55 bits per heavy atom. The van der Waals surface area contributed by atoms with E-state index >= 15 is 0 Å². The quantitative estimate of drug-likeness (QED) is 0.617. The van der Waals surface area contributed by atoms with Crippen molar-refractivity contribution >= 4 is 12.2 Å². The minimum Gasteiger partial charge on any atom is -0.477 e. The Morgan fingerprint density at radius 2 is 2.18 bits per heavy atom. The minimum absolute atomic E-state index is 0.163. The summed E-state index contributed by atoms with van der Waals surface area (Å²) >= 11 is 0. The van der Waals surface area contributed by atoms with Crippen molar-refractivity contribution in [1.82, 2.24) is 0 Å². The zero-order valence-corrected chi connectivity index (χ0v) is 6.61. The van der Waals surface area contributed by atoms with Crippen molar-refractivity contribution in [1.29, 1.82) is 0 Å². The molecule has 2 atom stereocenters. The van der Waals surface area contributed by atoms with Crippen LogP contribution in [-0.2, 0) is 4.79 Å². The number of aliphatic imine (C=N–C) groups is 1. The van der Waals surface area contributed by atoms with Crippen LogP contribution in [0.3, 0.4) is 0 Å². The van der Waals surface area contributed by atoms with E-state index in [1.807, 2.05) is 13.8 Å². The van der Waals surface area contributed by atoms with Gasteiger partial charge in [0.05, 0.1) is 0 Å². The highest BCUT2D eigenvalue weighted by molar-refractivity contribution is 5.89. The van der Waals surface area contributed by atoms with Crippen molar-refractivity contribution in [3.05, 3.63) is 11.8 Å². The lowest BCUT2D eigenvalue weighted by Crippen LogP contribution is -2.14. The number of nitrogens with zero attached hydrogens (tertiary/aromatic N) is 1. The van der Waals surface area contributed by atoms with Crippen LogP contribution in [0.25, 0.3) is 0 Å². The van der Waals surface area contributed by atoms with E-state index in [9.17, 15) is 4.79 Å². The van der Waals surface area contributed by atoms with Gasteiger partial charge in [-0.3, -0.25) is 4.99 Å². The van der Waals surface area contributed by atoms with E-state index in [0.717, 1.165) is 0 Å². The van der Waals surface area contributed by atoms with E-state index in [0.29, 0.717) is 5.92 Å². The molecular formula is C8H11NO2. The normalized spacial score (nSPS) is 29.8. The number of allylic oxidation sites excluding steroid dienone is 1. The molecule has 60 valence electrons. The molecule has 0 spiro atoms. The summed E-state index contributed by atoms with van der Waals surface area (Å²) in [5, 5.41) is 8.56. The van der Waals surface area contributed by atoms with Crippen molar-refractivity contribution in [3.63, 3.8) is 0 Å². The maximum atomic E-state index is 10.4. The van der Waals surface area contributed by atoms with Crippen molar-refractivity contribution in [2.45, 2.75) is 13.8 Å². The molecule has 2 unspecified atom stereocenters. The van der Waals surface area contributed by atoms with E-state index in [2.05, 4.69) is 4.99 Å². The summed E-state index contributed by atoms with van der Waals surface area (Å²) in [7, 11) is 0. The topological polar surface area (TPSA) is 49.7 Å². The molecule has 1 aliphatic rings. The van der Waals surface area contributed by atoms with Crippen LogP contribution in [0.5, 0.6) is 0 Å². The summed E-state index contributed by atoms with van der Waals surface area (Å²) in [6, 6.07) is 0. The molecule has 0 saturated heterocycles. The van der Waals surface area contributed by atoms with E-state index < -0.39 is 5.97 Å². The van der Waals surface area contributed by atoms with Gasteiger partial charge in [0.25, 0.3) is 0 Å². The summed E-state index contributed by atoms with van der Waals surface area (Å²) in [4.78, 5) is 14.2. The Hall–Kier alpha value is -1.12. The number of hydrogen-bond acceptors (Lipinski definition) is 2. The first-order chi connectivity index (χ1) is 5.11. The molecule has 1 aliphatic heterocycles. The van der Waals surface area contributed by atoms with Crippen LogP contribution in [0, 0.1) is 11.8 Å². The molecule has 1 N–H and O–H groups in total. The number of carboxylic acids is 1. The summed E-state index contributed by atoms with van der Waals surface area (Å²) in [5.41, 5.74) is 0.163. The highest BCUT2D eigenvalue weighted by Crippen LogP contribution is 2.18. The van der Waals surface area contributed by atoms with Crippen LogP contribution < -0.4 is 0 Å². The lowest BCUT2D eigenvalue weighted by Gasteiger charge is -2.15. The maximum Gasteiger partial charge on any atom is 0.354 e. The number of carbonyl (C=O) groups is 1. The van der Waals surface area contributed by atoms with Gasteiger partial charge in [0.1, 0.15) is 5.70 Å². The van der Waals surface area contributed by atoms with Crippen molar-refractivity contribution in [2.75, 3.05) is 0 Å². The third-order valence-corrected chi connectivity index (χ3v) is 1.92. The molecule has 0 fully saturated rings. The van der Waals surface area contributed by atoms with Crippen LogP contribution in [0.15, 0.2) is 16.8 Å². The second-order valence-corrected chi connectivity index (χ2v) is 2.85. The summed E-state index contributed by atoms with van der Waals surface area (Å²) in [6.07, 6.45) is 3.38. The molecule has 0 radical (unpaired) electrons. The molecular weight excluding hydrogens is 142 g/mol. The molecule has 0 amide bonds. The smallest absolute Gasteiger partial charge is 0.354 e. The van der Waals surface area contributed by atoms with Gasteiger partial charge < -0.3 is 5.11 Å². The number of rotatable bonds is 1. The molecule has 0 saturated carbocycles. The van der Waals surface area contributed by atoms with Gasteiger partial charge in [0, 0.05) is 6.21 Å². The largest absolute Gasteiger partial charge is 0.477 e. The van der Waals surface area contributed by atoms with Crippen LogP contribution in [-0.4, -0.2) is 17.3 Å². The molecule has 11 heavy (non-hydrogen) atoms. The predicted octanol–water partition coefficient (Wildman–Crippen LogP) is 1.31. The minimum atomic E-state index is -0.944. The van der Waals surface area contributed by atoms with Crippen LogP contribution in [0.1, 0.15) is 13.8 Å². The number of aliphatic carboxylic acids is 1. The number of hydrogen-bond donors (Lipinski definition) is 1. The predicted molar refractivity (Wildman–Crippen MR) is 42.5 cm³/mol. The Kier molecular flexibility index (Phi) is 2.08. The average molecular weight is 153 g/mol. The van der Waals surface area contributed by atoms with Crippen LogP contribution in [0.2, 0.25) is 0 Å². The number of carboxylic acid groups (broad SMARTS) is 1. The van der Waals surface area contributed by atoms with Gasteiger partial charge in [0.15, 0.2) is 0 Å². The second-order valence-electron chi connectivity index (χ2n) is 2.85. The molecule has 1 rings (SSSR count). The van der Waals surface area contributed by atoms with E-state index in [4.69, 9.17) is 5.11 Å². The van der Waals surface area contributed by atoms with Crippen molar-refractivity contribution < 1.29 is 9.90 Å². The van der Waals surface area contributed by atoms with Gasteiger partial charge in [-0.1, -0.05) is 13.8 Å². The lowest BCUT2D eigenvalue weighted by molar-refractivity contribution is -0.132. The second kappa shape index (κ2) is 2.86. The van der Waals surface area contributed by atoms with Gasteiger partial charge >= 0.3 is 5.97 Å². The van der Waals surface area contributed by atoms with Gasteiger partial charge in [0.2, 0.25) is 0 Å². The molecule has 0 aromatic heterocycles. The van der Waals surface area contributed by atoms with Crippen molar-refractivity contribution in [2.24, 2.45) is 16.8 Å². The lowest BCUT2D eigenvalue weighted by atomic mass is 9.94. The highest BCUT2D eigenvalue weighted by Gasteiger charge is 2.16. The molecule has 3 heteroatoms. The fourth-order valence-corrected chi connectivity index (χ4v) is 0.904. The molecule has 0 aliphatic carbocycles. The summed E-state index contributed by atoms with van der Waals surface area (Å²) in [6.45, 7) is 4.00. The fraction of sp³-hybridized carbons (Fsp3) is 0.500. The van der Waals surface area contributed by atoms with E-state index in [-0.39, 0.29) is 11.6 Å². The molecule has 3 nitrogen and oxygen atoms in total. The Morgan fingerprint density at radius 3 is 2.64 bits per heavy atom. The van der Waals surface area contributed by atoms with Crippen molar-refractivity contribution in [3.8, 4) is 0 Å². The summed E-state index contributed by atoms with van der Waals surface area (Å²) < 4.78 is 0. The van der Waals surface area contributed by atoms with Gasteiger partial charge in [-0.2, -0.15) is 0 Å². The highest BCUT2D eigenvalue weighted by atomic mass is 16.4. The fourth-order valence-electron chi connectivity index (χ4n) is 0.904. The molecule has 0 aromatic carbocycles. The van der Waals surface area contributed by atoms with E-state index in [1.165, 1.54) is 0 Å². The summed E-state index contributed by atoms with van der Waals surface area (Å²) in [5.74, 6) is -0.322. The molecule has 1 heterocycles. The first kappa shape index (κ1) is 7.98. The third-order valence-electron chi connectivity index (χ3n) is 1.92. The Balaban J connectivity index is 2.80. The zero-order valence-electron chi connectivity index (χ0n) is 6.61. The van der Waals surface area contributed by atoms with Gasteiger partial charge in [-0.15, -0.1) is 0 Å². The average Bonchev–Trinajstić information content (AvgIpc) is 1.94. The van der Waals surface area contributed by atoms with Crippen LogP contribution >= 0.6 is 0 Å². The monoisotopic (exact) mass is 153 g/mol. The standard InChI is InChI=1S/C8H11NO2/c1-5-3-7(8(10)11)9-4-6(5)2/h3-6H,1-2H3,(H,10,11). The molecule has 0 bridgehead atoms. The molecule has 0 aromatic rings. The van der Waals surface area contributed by atoms with Gasteiger partial charge in [-0.25, -0.2) is 4.79 Å². The van der Waals surface area contributed by atoms with Crippen LogP contribution in [0.4, 0.5) is 0 Å². The first-order valence-electron chi connectivity index (χ1n) is 3.60. The SMILES string of the molecule is CC1C=NC(C(=O)O)=CC1C. The zero-order chi connectivity index (χ0) is 8.43. The maximum absolute atomic E-state index is 10.4. The third kappa shape index (κ3) is 1.67. The van der Waals surface area contributed by atoms with Gasteiger partial charge in [-0.05, 0) is 17.9 Å². The Bertz CT molecular complexity index is 230.